The predicted molar refractivity (Wildman–Crippen MR) is 106 cm³/mol. The topological polar surface area (TPSA) is 120 Å². The zero-order valence-corrected chi connectivity index (χ0v) is 15.1. The standard InChI is InChI=1S/C21H15N5O3/c22-11-15(19-25-17-3-1-2-4-18(17)29-19)16-9-10-23-21(26-16)24-12-13-5-7-14(8-6-13)20(27)28/h1-10,25H,12H2,(H,27,28)(H,23,24,26)/b19-15+. The summed E-state index contributed by atoms with van der Waals surface area (Å²) in [4.78, 5) is 19.5. The number of anilines is 2. The van der Waals surface area contributed by atoms with Gasteiger partial charge in [0.15, 0.2) is 5.75 Å². The number of nitriles is 1. The Kier molecular flexibility index (Phi) is 4.78. The van der Waals surface area contributed by atoms with E-state index in [2.05, 4.69) is 26.7 Å². The number of nitrogens with one attached hydrogen (secondary N) is 2. The van der Waals surface area contributed by atoms with E-state index in [1.807, 2.05) is 24.3 Å². The number of hydrogen-bond donors (Lipinski definition) is 3. The van der Waals surface area contributed by atoms with Crippen molar-refractivity contribution in [2.24, 2.45) is 0 Å². The first-order valence-corrected chi connectivity index (χ1v) is 8.72. The number of para-hydroxylation sites is 2. The molecule has 0 atom stereocenters. The molecule has 0 amide bonds. The largest absolute Gasteiger partial charge is 0.478 e. The fourth-order valence-electron chi connectivity index (χ4n) is 2.78. The van der Waals surface area contributed by atoms with Crippen molar-refractivity contribution in [1.82, 2.24) is 9.97 Å². The highest BCUT2D eigenvalue weighted by atomic mass is 16.5. The first-order chi connectivity index (χ1) is 14.1. The number of aromatic carboxylic acids is 1. The van der Waals surface area contributed by atoms with Gasteiger partial charge in [0.1, 0.15) is 11.6 Å². The maximum atomic E-state index is 10.9. The summed E-state index contributed by atoms with van der Waals surface area (Å²) in [5.41, 5.74) is 2.56. The molecule has 2 aromatic carbocycles. The lowest BCUT2D eigenvalue weighted by molar-refractivity contribution is 0.0697. The van der Waals surface area contributed by atoms with Gasteiger partial charge in [0.25, 0.3) is 0 Å². The maximum absolute atomic E-state index is 10.9. The number of fused-ring (bicyclic) bond motifs is 1. The molecule has 1 aromatic heterocycles. The number of carbonyl (C=O) groups is 1. The summed E-state index contributed by atoms with van der Waals surface area (Å²) in [5.74, 6) is 0.339. The molecule has 142 valence electrons. The second kappa shape index (κ2) is 7.70. The van der Waals surface area contributed by atoms with E-state index in [-0.39, 0.29) is 11.1 Å². The van der Waals surface area contributed by atoms with Crippen LogP contribution in [0.3, 0.4) is 0 Å². The SMILES string of the molecule is N#C/C(=C1/Nc2ccccc2O1)c1ccnc(NCc2ccc(C(=O)O)cc2)n1. The van der Waals surface area contributed by atoms with Gasteiger partial charge in [0.05, 0.1) is 16.9 Å². The van der Waals surface area contributed by atoms with Crippen LogP contribution in [0.25, 0.3) is 5.57 Å². The van der Waals surface area contributed by atoms with Crippen LogP contribution in [-0.2, 0) is 6.54 Å². The van der Waals surface area contributed by atoms with E-state index in [9.17, 15) is 10.1 Å². The summed E-state index contributed by atoms with van der Waals surface area (Å²) >= 11 is 0. The highest BCUT2D eigenvalue weighted by Gasteiger charge is 2.21. The molecule has 0 fully saturated rings. The number of benzene rings is 2. The van der Waals surface area contributed by atoms with Crippen LogP contribution in [0.15, 0.2) is 66.7 Å². The predicted octanol–water partition coefficient (Wildman–Crippen LogP) is 3.48. The molecule has 1 aliphatic rings. The van der Waals surface area contributed by atoms with E-state index in [4.69, 9.17) is 9.84 Å². The van der Waals surface area contributed by atoms with Crippen molar-refractivity contribution < 1.29 is 14.6 Å². The van der Waals surface area contributed by atoms with Crippen LogP contribution in [0.1, 0.15) is 21.6 Å². The maximum Gasteiger partial charge on any atom is 0.335 e. The molecule has 0 saturated heterocycles. The Labute approximate surface area is 166 Å². The molecule has 0 bridgehead atoms. The lowest BCUT2D eigenvalue weighted by Crippen LogP contribution is -2.07. The fraction of sp³-hybridized carbons (Fsp3) is 0.0476. The summed E-state index contributed by atoms with van der Waals surface area (Å²) in [5, 5.41) is 24.7. The fourth-order valence-corrected chi connectivity index (χ4v) is 2.78. The van der Waals surface area contributed by atoms with Gasteiger partial charge in [-0.05, 0) is 35.9 Å². The van der Waals surface area contributed by atoms with Crippen molar-refractivity contribution in [3.05, 3.63) is 83.5 Å². The summed E-state index contributed by atoms with van der Waals surface area (Å²) in [6, 6.07) is 17.7. The van der Waals surface area contributed by atoms with Crippen molar-refractivity contribution >= 4 is 23.2 Å². The summed E-state index contributed by atoms with van der Waals surface area (Å²) in [6.45, 7) is 0.405. The normalized spacial score (nSPS) is 13.5. The van der Waals surface area contributed by atoms with Crippen molar-refractivity contribution in [2.75, 3.05) is 10.6 Å². The van der Waals surface area contributed by atoms with Crippen LogP contribution >= 0.6 is 0 Å². The number of rotatable bonds is 5. The van der Waals surface area contributed by atoms with Crippen LogP contribution < -0.4 is 15.4 Å². The molecular formula is C21H15N5O3. The van der Waals surface area contributed by atoms with Gasteiger partial charge in [-0.15, -0.1) is 0 Å². The van der Waals surface area contributed by atoms with Gasteiger partial charge in [-0.3, -0.25) is 0 Å². The second-order valence-corrected chi connectivity index (χ2v) is 6.16. The Bertz CT molecular complexity index is 1120. The average Bonchev–Trinajstić information content (AvgIpc) is 3.17. The molecule has 0 spiro atoms. The third-order valence-corrected chi connectivity index (χ3v) is 4.25. The third-order valence-electron chi connectivity index (χ3n) is 4.25. The van der Waals surface area contributed by atoms with E-state index < -0.39 is 5.97 Å². The van der Waals surface area contributed by atoms with E-state index in [0.717, 1.165) is 11.3 Å². The number of nitrogens with zero attached hydrogens (tertiary/aromatic N) is 3. The van der Waals surface area contributed by atoms with Crippen molar-refractivity contribution in [2.45, 2.75) is 6.54 Å². The molecular weight excluding hydrogens is 370 g/mol. The Morgan fingerprint density at radius 3 is 2.69 bits per heavy atom. The zero-order chi connectivity index (χ0) is 20.2. The first kappa shape index (κ1) is 18.0. The minimum absolute atomic E-state index is 0.224. The van der Waals surface area contributed by atoms with Crippen LogP contribution in [0.2, 0.25) is 0 Å². The molecule has 2 heterocycles. The van der Waals surface area contributed by atoms with Gasteiger partial charge in [-0.1, -0.05) is 24.3 Å². The number of hydrogen-bond acceptors (Lipinski definition) is 7. The molecule has 0 unspecified atom stereocenters. The van der Waals surface area contributed by atoms with Gasteiger partial charge in [-0.2, -0.15) is 5.26 Å². The Balaban J connectivity index is 1.52. The molecule has 1 aliphatic heterocycles. The zero-order valence-electron chi connectivity index (χ0n) is 15.1. The van der Waals surface area contributed by atoms with Gasteiger partial charge >= 0.3 is 5.97 Å². The van der Waals surface area contributed by atoms with E-state index in [1.54, 1.807) is 24.4 Å². The van der Waals surface area contributed by atoms with Crippen LogP contribution in [-0.4, -0.2) is 21.0 Å². The molecule has 3 N–H and O–H groups in total. The van der Waals surface area contributed by atoms with E-state index >= 15 is 0 Å². The minimum atomic E-state index is -0.970. The average molecular weight is 385 g/mol. The number of carboxylic acid groups (broad SMARTS) is 1. The number of carboxylic acids is 1. The number of aromatic nitrogens is 2. The van der Waals surface area contributed by atoms with Crippen LogP contribution in [0, 0.1) is 11.3 Å². The monoisotopic (exact) mass is 385 g/mol. The molecule has 8 nitrogen and oxygen atoms in total. The van der Waals surface area contributed by atoms with Crippen molar-refractivity contribution in [1.29, 1.82) is 5.26 Å². The Morgan fingerprint density at radius 2 is 1.97 bits per heavy atom. The lowest BCUT2D eigenvalue weighted by Gasteiger charge is -2.08. The van der Waals surface area contributed by atoms with Crippen LogP contribution in [0.4, 0.5) is 11.6 Å². The number of ether oxygens (including phenoxy) is 1. The molecule has 3 aromatic rings. The van der Waals surface area contributed by atoms with Crippen molar-refractivity contribution in [3.8, 4) is 11.8 Å². The van der Waals surface area contributed by atoms with Gasteiger partial charge in [-0.25, -0.2) is 14.8 Å². The highest BCUT2D eigenvalue weighted by molar-refractivity contribution is 5.87. The van der Waals surface area contributed by atoms with Gasteiger partial charge < -0.3 is 20.5 Å². The molecule has 0 aliphatic carbocycles. The van der Waals surface area contributed by atoms with Crippen molar-refractivity contribution in [3.63, 3.8) is 0 Å². The van der Waals surface area contributed by atoms with Gasteiger partial charge in [0.2, 0.25) is 11.8 Å². The molecule has 4 rings (SSSR count). The quantitative estimate of drug-likeness (QED) is 0.571. The van der Waals surface area contributed by atoms with Crippen LogP contribution in [0.5, 0.6) is 5.75 Å². The molecule has 0 saturated carbocycles. The molecule has 0 radical (unpaired) electrons. The smallest absolute Gasteiger partial charge is 0.335 e. The Morgan fingerprint density at radius 1 is 1.17 bits per heavy atom. The minimum Gasteiger partial charge on any atom is -0.478 e. The third kappa shape index (κ3) is 3.84. The summed E-state index contributed by atoms with van der Waals surface area (Å²) in [6.07, 6.45) is 1.55. The summed E-state index contributed by atoms with van der Waals surface area (Å²) in [7, 11) is 0. The van der Waals surface area contributed by atoms with E-state index in [1.165, 1.54) is 12.1 Å². The number of allylic oxidation sites excluding steroid dienone is 1. The second-order valence-electron chi connectivity index (χ2n) is 6.16. The lowest BCUT2D eigenvalue weighted by atomic mass is 10.1. The summed E-state index contributed by atoms with van der Waals surface area (Å²) < 4.78 is 5.73. The molecule has 29 heavy (non-hydrogen) atoms. The van der Waals surface area contributed by atoms with Gasteiger partial charge in [0, 0.05) is 12.7 Å². The molecule has 8 heteroatoms. The first-order valence-electron chi connectivity index (χ1n) is 8.72. The van der Waals surface area contributed by atoms with E-state index in [0.29, 0.717) is 29.8 Å². The Hall–Kier alpha value is -4.38. The highest BCUT2D eigenvalue weighted by Crippen LogP contribution is 2.35.